The third-order valence-corrected chi connectivity index (χ3v) is 2.11. The molecule has 0 aliphatic carbocycles. The molecule has 1 atom stereocenters. The maximum absolute atomic E-state index is 4.80. The smallest absolute Gasteiger partial charge is 0.106 e. The fourth-order valence-electron chi connectivity index (χ4n) is 1.44. The lowest BCUT2D eigenvalue weighted by molar-refractivity contribution is 0.205. The van der Waals surface area contributed by atoms with Crippen LogP contribution >= 0.6 is 0 Å². The van der Waals surface area contributed by atoms with Gasteiger partial charge in [-0.3, -0.25) is 0 Å². The average Bonchev–Trinajstić information content (AvgIpc) is 2.05. The van der Waals surface area contributed by atoms with Gasteiger partial charge in [0.25, 0.3) is 0 Å². The average molecular weight is 171 g/mol. The molecule has 0 bridgehead atoms. The number of nitrogens with zero attached hydrogens (tertiary/aromatic N) is 2. The highest BCUT2D eigenvalue weighted by molar-refractivity contribution is 5.90. The van der Waals surface area contributed by atoms with E-state index in [4.69, 9.17) is 4.84 Å². The van der Waals surface area contributed by atoms with Crippen LogP contribution in [0.3, 0.4) is 0 Å². The predicted octanol–water partition coefficient (Wildman–Crippen LogP) is -0.0877. The van der Waals surface area contributed by atoms with Gasteiger partial charge in [0.15, 0.2) is 0 Å². The highest BCUT2D eigenvalue weighted by Crippen LogP contribution is 2.04. The molecular formula is C8H17N3O. The maximum atomic E-state index is 4.80. The lowest BCUT2D eigenvalue weighted by atomic mass is 10.0. The predicted molar refractivity (Wildman–Crippen MR) is 49.4 cm³/mol. The van der Waals surface area contributed by atoms with Crippen LogP contribution in [0, 0.1) is 0 Å². The molecule has 0 saturated carbocycles. The first-order chi connectivity index (χ1) is 5.75. The highest BCUT2D eigenvalue weighted by Gasteiger charge is 2.22. The largest absolute Gasteiger partial charge is 0.399 e. The van der Waals surface area contributed by atoms with Crippen LogP contribution in [0.15, 0.2) is 5.16 Å². The van der Waals surface area contributed by atoms with Crippen molar-refractivity contribution in [2.24, 2.45) is 5.16 Å². The van der Waals surface area contributed by atoms with Gasteiger partial charge in [-0.15, -0.1) is 0 Å². The van der Waals surface area contributed by atoms with Crippen LogP contribution in [0.4, 0.5) is 0 Å². The molecule has 12 heavy (non-hydrogen) atoms. The van der Waals surface area contributed by atoms with E-state index in [1.807, 2.05) is 0 Å². The van der Waals surface area contributed by atoms with Gasteiger partial charge in [0, 0.05) is 19.5 Å². The van der Waals surface area contributed by atoms with Crippen molar-refractivity contribution >= 4 is 5.71 Å². The van der Waals surface area contributed by atoms with Gasteiger partial charge < -0.3 is 15.1 Å². The van der Waals surface area contributed by atoms with Gasteiger partial charge in [-0.1, -0.05) is 5.16 Å². The van der Waals surface area contributed by atoms with E-state index in [2.05, 4.69) is 29.5 Å². The van der Waals surface area contributed by atoms with Crippen molar-refractivity contribution in [3.63, 3.8) is 0 Å². The minimum atomic E-state index is 0.388. The molecule has 0 aromatic rings. The zero-order valence-corrected chi connectivity index (χ0v) is 8.00. The Balaban J connectivity index is 2.60. The van der Waals surface area contributed by atoms with Gasteiger partial charge >= 0.3 is 0 Å². The zero-order chi connectivity index (χ0) is 8.97. The molecule has 0 amide bonds. The third-order valence-electron chi connectivity index (χ3n) is 2.11. The molecule has 1 fully saturated rings. The fourth-order valence-corrected chi connectivity index (χ4v) is 1.44. The lowest BCUT2D eigenvalue weighted by Crippen LogP contribution is -2.49. The zero-order valence-electron chi connectivity index (χ0n) is 8.00. The Morgan fingerprint density at radius 3 is 2.92 bits per heavy atom. The first kappa shape index (κ1) is 9.48. The number of nitrogens with one attached hydrogen (secondary N) is 1. The summed E-state index contributed by atoms with van der Waals surface area (Å²) in [4.78, 5) is 6.95. The van der Waals surface area contributed by atoms with E-state index in [-0.39, 0.29) is 0 Å². The van der Waals surface area contributed by atoms with Crippen LogP contribution in [0.2, 0.25) is 0 Å². The molecule has 4 nitrogen and oxygen atoms in total. The van der Waals surface area contributed by atoms with E-state index in [9.17, 15) is 0 Å². The number of oxime groups is 1. The van der Waals surface area contributed by atoms with Crippen LogP contribution in [0.25, 0.3) is 0 Å². The summed E-state index contributed by atoms with van der Waals surface area (Å²) in [6.45, 7) is 1.97. The molecular weight excluding hydrogens is 154 g/mol. The first-order valence-corrected chi connectivity index (χ1v) is 4.22. The van der Waals surface area contributed by atoms with Crippen LogP contribution in [-0.2, 0) is 4.84 Å². The van der Waals surface area contributed by atoms with Crippen molar-refractivity contribution in [1.29, 1.82) is 0 Å². The van der Waals surface area contributed by atoms with Crippen molar-refractivity contribution < 1.29 is 4.84 Å². The third kappa shape index (κ3) is 2.19. The van der Waals surface area contributed by atoms with E-state index in [1.54, 1.807) is 7.11 Å². The molecule has 1 N–H and O–H groups in total. The maximum Gasteiger partial charge on any atom is 0.106 e. The van der Waals surface area contributed by atoms with Crippen molar-refractivity contribution in [2.45, 2.75) is 12.5 Å². The van der Waals surface area contributed by atoms with Crippen LogP contribution in [-0.4, -0.2) is 50.9 Å². The van der Waals surface area contributed by atoms with Crippen molar-refractivity contribution in [2.75, 3.05) is 34.3 Å². The van der Waals surface area contributed by atoms with Gasteiger partial charge in [0.1, 0.15) is 7.11 Å². The Morgan fingerprint density at radius 2 is 2.33 bits per heavy atom. The summed E-state index contributed by atoms with van der Waals surface area (Å²) in [5.74, 6) is 0. The Labute approximate surface area is 73.6 Å². The molecule has 1 rings (SSSR count). The second-order valence-corrected chi connectivity index (χ2v) is 3.20. The van der Waals surface area contributed by atoms with Gasteiger partial charge in [-0.25, -0.2) is 0 Å². The van der Waals surface area contributed by atoms with Gasteiger partial charge in [0.2, 0.25) is 0 Å². The summed E-state index contributed by atoms with van der Waals surface area (Å²) >= 11 is 0. The minimum absolute atomic E-state index is 0.388. The van der Waals surface area contributed by atoms with Crippen molar-refractivity contribution in [3.05, 3.63) is 0 Å². The molecule has 1 unspecified atom stereocenters. The van der Waals surface area contributed by atoms with Gasteiger partial charge in [-0.05, 0) is 14.1 Å². The first-order valence-electron chi connectivity index (χ1n) is 4.22. The molecule has 0 aromatic heterocycles. The van der Waals surface area contributed by atoms with E-state index in [0.29, 0.717) is 6.04 Å². The summed E-state index contributed by atoms with van der Waals surface area (Å²) in [7, 11) is 5.72. The Kier molecular flexibility index (Phi) is 3.49. The second-order valence-electron chi connectivity index (χ2n) is 3.20. The SMILES string of the molecule is CON=C1CCNCC1N(C)C. The van der Waals surface area contributed by atoms with E-state index in [0.717, 1.165) is 25.2 Å². The molecule has 0 spiro atoms. The normalized spacial score (nSPS) is 28.0. The topological polar surface area (TPSA) is 36.9 Å². The highest BCUT2D eigenvalue weighted by atomic mass is 16.6. The molecule has 1 saturated heterocycles. The Morgan fingerprint density at radius 1 is 1.58 bits per heavy atom. The molecule has 0 aromatic carbocycles. The number of likely N-dealkylation sites (N-methyl/N-ethyl adjacent to an activating group) is 1. The molecule has 70 valence electrons. The van der Waals surface area contributed by atoms with E-state index in [1.165, 1.54) is 0 Å². The van der Waals surface area contributed by atoms with Crippen LogP contribution in [0.5, 0.6) is 0 Å². The summed E-state index contributed by atoms with van der Waals surface area (Å²) in [6.07, 6.45) is 0.983. The molecule has 1 aliphatic heterocycles. The Hall–Kier alpha value is -0.610. The summed E-state index contributed by atoms with van der Waals surface area (Å²) in [5, 5.41) is 7.35. The van der Waals surface area contributed by atoms with Gasteiger partial charge in [0.05, 0.1) is 11.8 Å². The van der Waals surface area contributed by atoms with E-state index < -0.39 is 0 Å². The molecule has 4 heteroatoms. The number of rotatable bonds is 2. The summed E-state index contributed by atoms with van der Waals surface area (Å²) in [6, 6.07) is 0.388. The fraction of sp³-hybridized carbons (Fsp3) is 0.875. The Bertz CT molecular complexity index is 168. The van der Waals surface area contributed by atoms with Gasteiger partial charge in [-0.2, -0.15) is 0 Å². The molecule has 1 aliphatic rings. The molecule has 0 radical (unpaired) electrons. The quantitative estimate of drug-likeness (QED) is 0.590. The summed E-state index contributed by atoms with van der Waals surface area (Å²) in [5.41, 5.74) is 1.14. The number of piperidine rings is 1. The number of hydrogen-bond acceptors (Lipinski definition) is 4. The minimum Gasteiger partial charge on any atom is -0.399 e. The summed E-state index contributed by atoms with van der Waals surface area (Å²) < 4.78 is 0. The second kappa shape index (κ2) is 4.42. The lowest BCUT2D eigenvalue weighted by Gasteiger charge is -2.29. The van der Waals surface area contributed by atoms with Crippen LogP contribution in [0.1, 0.15) is 6.42 Å². The van der Waals surface area contributed by atoms with Crippen molar-refractivity contribution in [3.8, 4) is 0 Å². The standard InChI is InChI=1S/C8H17N3O/c1-11(2)8-6-9-5-4-7(8)10-12-3/h8-9H,4-6H2,1-3H3. The van der Waals surface area contributed by atoms with Crippen molar-refractivity contribution in [1.82, 2.24) is 10.2 Å². The monoisotopic (exact) mass is 171 g/mol. The van der Waals surface area contributed by atoms with Crippen LogP contribution < -0.4 is 5.32 Å². The molecule has 1 heterocycles. The van der Waals surface area contributed by atoms with E-state index >= 15 is 0 Å². The number of hydrogen-bond donors (Lipinski definition) is 1.